The molecule has 1 aliphatic carbocycles. The average Bonchev–Trinajstić information content (AvgIpc) is 3.00. The summed E-state index contributed by atoms with van der Waals surface area (Å²) in [7, 11) is -3.91. The Morgan fingerprint density at radius 1 is 0.833 bits per heavy atom. The lowest BCUT2D eigenvalue weighted by atomic mass is 9.89. The number of hydrogen-bond acceptors (Lipinski definition) is 4. The van der Waals surface area contributed by atoms with Crippen LogP contribution in [0.4, 0.5) is 24.5 Å². The van der Waals surface area contributed by atoms with Crippen LogP contribution < -0.4 is 14.4 Å². The van der Waals surface area contributed by atoms with Crippen molar-refractivity contribution in [2.45, 2.75) is 61.9 Å². The zero-order valence-corrected chi connectivity index (χ0v) is 20.4. The molecule has 5 rings (SSSR count). The summed E-state index contributed by atoms with van der Waals surface area (Å²) in [6, 6.07) is 20.9. The molecule has 3 aromatic carbocycles. The molecule has 1 heterocycles. The van der Waals surface area contributed by atoms with Gasteiger partial charge < -0.3 is 9.64 Å². The zero-order valence-electron chi connectivity index (χ0n) is 19.5. The van der Waals surface area contributed by atoms with Crippen molar-refractivity contribution >= 4 is 21.4 Å². The molecule has 190 valence electrons. The first-order chi connectivity index (χ1) is 17.2. The van der Waals surface area contributed by atoms with Crippen molar-refractivity contribution in [2.75, 3.05) is 4.90 Å². The van der Waals surface area contributed by atoms with Gasteiger partial charge in [0.1, 0.15) is 5.75 Å². The van der Waals surface area contributed by atoms with Crippen LogP contribution in [-0.4, -0.2) is 26.9 Å². The Hall–Kier alpha value is -3.04. The van der Waals surface area contributed by atoms with Gasteiger partial charge in [0.2, 0.25) is 10.0 Å². The molecule has 1 saturated carbocycles. The number of hydrogen-bond donors (Lipinski definition) is 1. The fourth-order valence-electron chi connectivity index (χ4n) is 5.32. The number of benzene rings is 3. The van der Waals surface area contributed by atoms with Gasteiger partial charge in [0, 0.05) is 23.5 Å². The maximum absolute atomic E-state index is 13.0. The Bertz CT molecular complexity index is 1280. The van der Waals surface area contributed by atoms with Crippen molar-refractivity contribution in [3.05, 3.63) is 83.9 Å². The molecular weight excluding hydrogens is 489 g/mol. The van der Waals surface area contributed by atoms with Gasteiger partial charge in [-0.2, -0.15) is 0 Å². The van der Waals surface area contributed by atoms with E-state index in [2.05, 4.69) is 50.8 Å². The summed E-state index contributed by atoms with van der Waals surface area (Å²) in [5, 5.41) is 0. The van der Waals surface area contributed by atoms with E-state index in [1.165, 1.54) is 11.1 Å². The van der Waals surface area contributed by atoms with E-state index in [0.29, 0.717) is 12.8 Å². The molecule has 0 amide bonds. The number of nitrogens with one attached hydrogen (secondary N) is 1. The Labute approximate surface area is 208 Å². The molecule has 0 radical (unpaired) electrons. The van der Waals surface area contributed by atoms with Gasteiger partial charge >= 0.3 is 6.36 Å². The van der Waals surface area contributed by atoms with Crippen LogP contribution in [0.25, 0.3) is 0 Å². The topological polar surface area (TPSA) is 58.6 Å². The van der Waals surface area contributed by atoms with Gasteiger partial charge in [-0.05, 0) is 86.1 Å². The molecule has 3 aromatic rings. The second-order valence-electron chi connectivity index (χ2n) is 9.29. The third-order valence-electron chi connectivity index (χ3n) is 6.87. The molecule has 2 atom stereocenters. The maximum Gasteiger partial charge on any atom is 0.573 e. The largest absolute Gasteiger partial charge is 0.573 e. The molecular formula is C27H27F3N2O3S. The van der Waals surface area contributed by atoms with E-state index >= 15 is 0 Å². The first kappa shape index (κ1) is 24.6. The van der Waals surface area contributed by atoms with E-state index in [-0.39, 0.29) is 17.0 Å². The van der Waals surface area contributed by atoms with Crippen molar-refractivity contribution in [3.8, 4) is 5.75 Å². The number of nitrogens with zero attached hydrogens (tertiary/aromatic N) is 1. The second-order valence-corrected chi connectivity index (χ2v) is 11.0. The Kier molecular flexibility index (Phi) is 6.70. The highest BCUT2D eigenvalue weighted by Crippen LogP contribution is 2.41. The SMILES string of the molecule is O=S(=O)(N[C@@H]1CCCC(N2c3ccccc3CCc3ccccc32)C1)c1ccc(OC(F)(F)F)cc1. The van der Waals surface area contributed by atoms with Gasteiger partial charge in [-0.15, -0.1) is 13.2 Å². The molecule has 9 heteroatoms. The number of aryl methyl sites for hydroxylation is 2. The lowest BCUT2D eigenvalue weighted by Crippen LogP contribution is -2.44. The van der Waals surface area contributed by atoms with Crippen molar-refractivity contribution in [1.29, 1.82) is 0 Å². The Balaban J connectivity index is 1.37. The molecule has 1 N–H and O–H groups in total. The molecule has 2 aliphatic rings. The van der Waals surface area contributed by atoms with E-state index in [9.17, 15) is 21.6 Å². The highest BCUT2D eigenvalue weighted by molar-refractivity contribution is 7.89. The van der Waals surface area contributed by atoms with Crippen molar-refractivity contribution < 1.29 is 26.3 Å². The van der Waals surface area contributed by atoms with Gasteiger partial charge in [-0.25, -0.2) is 13.1 Å². The molecule has 1 unspecified atom stereocenters. The quantitative estimate of drug-likeness (QED) is 0.445. The molecule has 36 heavy (non-hydrogen) atoms. The molecule has 0 saturated heterocycles. The molecule has 0 aromatic heterocycles. The van der Waals surface area contributed by atoms with Crippen LogP contribution in [0.3, 0.4) is 0 Å². The Morgan fingerprint density at radius 3 is 2.00 bits per heavy atom. The Morgan fingerprint density at radius 2 is 1.42 bits per heavy atom. The number of sulfonamides is 1. The van der Waals surface area contributed by atoms with Crippen LogP contribution in [0.2, 0.25) is 0 Å². The zero-order chi connectivity index (χ0) is 25.3. The fraction of sp³-hybridized carbons (Fsp3) is 0.333. The van der Waals surface area contributed by atoms with Crippen LogP contribution in [0.15, 0.2) is 77.7 Å². The van der Waals surface area contributed by atoms with Crippen LogP contribution in [0.1, 0.15) is 36.8 Å². The predicted octanol–water partition coefficient (Wildman–Crippen LogP) is 6.11. The third-order valence-corrected chi connectivity index (χ3v) is 8.40. The highest BCUT2D eigenvalue weighted by atomic mass is 32.2. The number of anilines is 2. The molecule has 0 spiro atoms. The summed E-state index contributed by atoms with van der Waals surface area (Å²) in [5.41, 5.74) is 4.88. The summed E-state index contributed by atoms with van der Waals surface area (Å²) < 4.78 is 70.0. The van der Waals surface area contributed by atoms with Gasteiger partial charge in [-0.1, -0.05) is 36.4 Å². The highest BCUT2D eigenvalue weighted by Gasteiger charge is 2.34. The predicted molar refractivity (Wildman–Crippen MR) is 132 cm³/mol. The van der Waals surface area contributed by atoms with Gasteiger partial charge in [-0.3, -0.25) is 0 Å². The summed E-state index contributed by atoms with van der Waals surface area (Å²) in [4.78, 5) is 2.28. The minimum absolute atomic E-state index is 0.0930. The summed E-state index contributed by atoms with van der Waals surface area (Å²) in [5.74, 6) is -0.460. The second kappa shape index (κ2) is 9.78. The van der Waals surface area contributed by atoms with E-state index in [1.54, 1.807) is 0 Å². The lowest BCUT2D eigenvalue weighted by molar-refractivity contribution is -0.274. The first-order valence-corrected chi connectivity index (χ1v) is 13.5. The molecule has 1 aliphatic heterocycles. The fourth-order valence-corrected chi connectivity index (χ4v) is 6.60. The van der Waals surface area contributed by atoms with Crippen molar-refractivity contribution in [3.63, 3.8) is 0 Å². The van der Waals surface area contributed by atoms with E-state index < -0.39 is 22.1 Å². The number of para-hydroxylation sites is 2. The number of alkyl halides is 3. The number of halogens is 3. The first-order valence-electron chi connectivity index (χ1n) is 12.0. The summed E-state index contributed by atoms with van der Waals surface area (Å²) >= 11 is 0. The minimum atomic E-state index is -4.83. The van der Waals surface area contributed by atoms with E-state index in [1.807, 2.05) is 12.1 Å². The lowest BCUT2D eigenvalue weighted by Gasteiger charge is -2.40. The number of fused-ring (bicyclic) bond motifs is 2. The van der Waals surface area contributed by atoms with Gasteiger partial charge in [0.25, 0.3) is 0 Å². The number of rotatable bonds is 5. The van der Waals surface area contributed by atoms with Crippen LogP contribution in [-0.2, 0) is 22.9 Å². The maximum atomic E-state index is 13.0. The summed E-state index contributed by atoms with van der Waals surface area (Å²) in [6.07, 6.45) is 0.169. The van der Waals surface area contributed by atoms with Crippen molar-refractivity contribution in [2.24, 2.45) is 0 Å². The average molecular weight is 517 g/mol. The standard InChI is InChI=1S/C27H27F3N2O3S/c28-27(29,30)35-23-14-16-24(17-15-23)36(33,34)31-21-8-5-9-22(18-21)32-25-10-3-1-6-19(25)12-13-20-7-2-4-11-26(20)32/h1-4,6-7,10-11,14-17,21-22,31H,5,8-9,12-13,18H2/t21-,22?/m1/s1. The molecule has 0 bridgehead atoms. The van der Waals surface area contributed by atoms with Gasteiger partial charge in [0.05, 0.1) is 4.90 Å². The molecule has 1 fully saturated rings. The van der Waals surface area contributed by atoms with E-state index in [4.69, 9.17) is 0 Å². The van der Waals surface area contributed by atoms with Crippen LogP contribution >= 0.6 is 0 Å². The number of ether oxygens (including phenoxy) is 1. The van der Waals surface area contributed by atoms with E-state index in [0.717, 1.165) is 61.3 Å². The minimum Gasteiger partial charge on any atom is -0.406 e. The monoisotopic (exact) mass is 516 g/mol. The molecule has 5 nitrogen and oxygen atoms in total. The normalized spacial score (nSPS) is 20.2. The van der Waals surface area contributed by atoms with Gasteiger partial charge in [0.15, 0.2) is 0 Å². The smallest absolute Gasteiger partial charge is 0.406 e. The van der Waals surface area contributed by atoms with Crippen LogP contribution in [0, 0.1) is 0 Å². The third kappa shape index (κ3) is 5.37. The van der Waals surface area contributed by atoms with Crippen molar-refractivity contribution in [1.82, 2.24) is 4.72 Å². The van der Waals surface area contributed by atoms with Crippen LogP contribution in [0.5, 0.6) is 5.75 Å². The summed E-state index contributed by atoms with van der Waals surface area (Å²) in [6.45, 7) is 0.